The topological polar surface area (TPSA) is 175 Å². The fourth-order valence-corrected chi connectivity index (χ4v) is 5.59. The van der Waals surface area contributed by atoms with E-state index in [0.29, 0.717) is 5.56 Å². The molecule has 11 heteroatoms. The summed E-state index contributed by atoms with van der Waals surface area (Å²) in [5.74, 6) is -4.85. The number of allylic oxidation sites excluding steroid dienone is 1. The number of amides is 1. The smallest absolute Gasteiger partial charge is 0.251 e. The Hall–Kier alpha value is -3.57. The predicted octanol–water partition coefficient (Wildman–Crippen LogP) is 0.548. The highest BCUT2D eigenvalue weighted by molar-refractivity contribution is 6.19. The number of aromatic hydroxyl groups is 1. The van der Waals surface area contributed by atoms with E-state index in [9.17, 15) is 30.0 Å². The summed E-state index contributed by atoms with van der Waals surface area (Å²) in [4.78, 5) is 32.8. The number of aliphatic hydroxyl groups excluding tert-OH is 3. The fourth-order valence-electron chi connectivity index (χ4n) is 5.59. The molecule has 6 N–H and O–H groups in total. The molecule has 1 fully saturated rings. The zero-order chi connectivity index (χ0) is 25.1. The molecule has 1 aromatic carbocycles. The first-order valence-electron chi connectivity index (χ1n) is 10.6. The summed E-state index contributed by atoms with van der Waals surface area (Å²) >= 11 is 0. The van der Waals surface area contributed by atoms with Crippen LogP contribution in [0.25, 0.3) is 5.76 Å². The maximum atomic E-state index is 14.0. The van der Waals surface area contributed by atoms with Crippen molar-refractivity contribution in [2.75, 3.05) is 33.2 Å². The summed E-state index contributed by atoms with van der Waals surface area (Å²) in [7, 11) is 6.05. The van der Waals surface area contributed by atoms with Crippen molar-refractivity contribution in [1.29, 1.82) is 0 Å². The number of hydrogen-bond acceptors (Lipinski definition) is 10. The van der Waals surface area contributed by atoms with Crippen molar-refractivity contribution in [2.24, 2.45) is 22.7 Å². The monoisotopic (exact) mass is 473 g/mol. The Kier molecular flexibility index (Phi) is 5.57. The summed E-state index contributed by atoms with van der Waals surface area (Å²) < 4.78 is 5.59. The van der Waals surface area contributed by atoms with E-state index < -0.39 is 52.3 Å². The Bertz CT molecular complexity index is 1180. The first-order chi connectivity index (χ1) is 16.0. The van der Waals surface area contributed by atoms with Gasteiger partial charge in [-0.3, -0.25) is 9.59 Å². The van der Waals surface area contributed by atoms with Crippen LogP contribution < -0.4 is 10.6 Å². The van der Waals surface area contributed by atoms with Crippen LogP contribution in [0, 0.1) is 11.8 Å². The van der Waals surface area contributed by atoms with E-state index >= 15 is 0 Å². The molecule has 0 spiro atoms. The van der Waals surface area contributed by atoms with Crippen molar-refractivity contribution in [1.82, 2.24) is 0 Å². The number of carbonyl (C=O) groups is 2. The van der Waals surface area contributed by atoms with E-state index in [0.717, 1.165) is 5.69 Å². The highest BCUT2D eigenvalue weighted by Gasteiger charge is 2.65. The number of phenolic OH excluding ortho intramolecular Hbond substituents is 1. The van der Waals surface area contributed by atoms with Gasteiger partial charge >= 0.3 is 0 Å². The zero-order valence-electron chi connectivity index (χ0n) is 19.2. The third-order valence-corrected chi connectivity index (χ3v) is 7.04. The van der Waals surface area contributed by atoms with Crippen molar-refractivity contribution in [2.45, 2.75) is 24.5 Å². The maximum absolute atomic E-state index is 14.0. The van der Waals surface area contributed by atoms with Gasteiger partial charge in [0, 0.05) is 38.4 Å². The Labute approximate surface area is 195 Å². The molecule has 1 unspecified atom stereocenters. The highest BCUT2D eigenvalue weighted by atomic mass is 16.6. The Balaban J connectivity index is 2.00. The number of anilines is 1. The average Bonchev–Trinajstić information content (AvgIpc) is 2.76. The molecule has 0 saturated heterocycles. The lowest BCUT2D eigenvalue weighted by Crippen LogP contribution is -2.67. The normalized spacial score (nSPS) is 29.5. The number of aliphatic hydroxyl groups is 3. The van der Waals surface area contributed by atoms with Gasteiger partial charge in [0.1, 0.15) is 30.4 Å². The second-order valence-electron chi connectivity index (χ2n) is 8.82. The second-order valence-corrected chi connectivity index (χ2v) is 8.82. The van der Waals surface area contributed by atoms with Gasteiger partial charge in [-0.1, -0.05) is 5.16 Å². The standard InChI is InChI=1S/C23H27N3O8/c1-26(2)12-5-6-13(27)15-10(12)7-9-8-11-17(25-34-4)19(29)16(22(24)32)21(31)23(11,33-3)20(30)14(9)18(15)28/h5-6,9,11,21,27-29,31H,7-8H2,1-4H3,(H2,24,32)/b25-17-/t9-,11-,21?,23-/m0/s1. The van der Waals surface area contributed by atoms with E-state index in [1.165, 1.54) is 20.3 Å². The molecule has 0 aromatic heterocycles. The minimum absolute atomic E-state index is 0.0437. The average molecular weight is 473 g/mol. The maximum Gasteiger partial charge on any atom is 0.251 e. The summed E-state index contributed by atoms with van der Waals surface area (Å²) in [5.41, 5.74) is 3.96. The van der Waals surface area contributed by atoms with Crippen LogP contribution in [-0.2, 0) is 25.6 Å². The first-order valence-corrected chi connectivity index (χ1v) is 10.6. The molecule has 182 valence electrons. The molecular formula is C23H27N3O8. The van der Waals surface area contributed by atoms with Crippen LogP contribution in [0.4, 0.5) is 5.69 Å². The van der Waals surface area contributed by atoms with Crippen molar-refractivity contribution < 1.29 is 39.6 Å². The third kappa shape index (κ3) is 2.93. The van der Waals surface area contributed by atoms with Gasteiger partial charge in [-0.2, -0.15) is 0 Å². The Morgan fingerprint density at radius 1 is 1.21 bits per heavy atom. The van der Waals surface area contributed by atoms with Gasteiger partial charge < -0.3 is 40.6 Å². The van der Waals surface area contributed by atoms with Crippen LogP contribution in [0.5, 0.6) is 5.75 Å². The number of primary amides is 1. The molecule has 1 saturated carbocycles. The SMILES string of the molecule is CO/N=C1\C(O)=C(C(N)=O)C(O)[C@@]2(OC)C(=O)C3=C(O)c4c(O)ccc(N(C)C)c4C[C@H]3C[C@@H]12. The number of phenols is 1. The molecule has 1 amide bonds. The van der Waals surface area contributed by atoms with Crippen LogP contribution in [-0.4, -0.2) is 77.8 Å². The lowest BCUT2D eigenvalue weighted by molar-refractivity contribution is -0.163. The van der Waals surface area contributed by atoms with Gasteiger partial charge in [0.05, 0.1) is 11.1 Å². The number of nitrogens with two attached hydrogens (primary N) is 1. The van der Waals surface area contributed by atoms with Crippen LogP contribution in [0.1, 0.15) is 17.5 Å². The second kappa shape index (κ2) is 8.03. The van der Waals surface area contributed by atoms with Gasteiger partial charge in [0.15, 0.2) is 17.1 Å². The minimum atomic E-state index is -2.11. The fraction of sp³-hybridized carbons (Fsp3) is 0.435. The Morgan fingerprint density at radius 2 is 1.88 bits per heavy atom. The number of fused-ring (bicyclic) bond motifs is 3. The summed E-state index contributed by atoms with van der Waals surface area (Å²) in [6, 6.07) is 3.14. The number of oxime groups is 1. The number of ether oxygens (including phenoxy) is 1. The van der Waals surface area contributed by atoms with E-state index in [1.807, 2.05) is 19.0 Å². The molecule has 34 heavy (non-hydrogen) atoms. The van der Waals surface area contributed by atoms with Crippen LogP contribution in [0.15, 0.2) is 34.2 Å². The van der Waals surface area contributed by atoms with Gasteiger partial charge in [0.25, 0.3) is 5.91 Å². The van der Waals surface area contributed by atoms with Crippen molar-refractivity contribution in [3.63, 3.8) is 0 Å². The van der Waals surface area contributed by atoms with Crippen LogP contribution in [0.3, 0.4) is 0 Å². The summed E-state index contributed by atoms with van der Waals surface area (Å²) in [6.07, 6.45) is -1.55. The molecule has 0 heterocycles. The lowest BCUT2D eigenvalue weighted by Gasteiger charge is -2.50. The summed E-state index contributed by atoms with van der Waals surface area (Å²) in [5, 5.41) is 47.5. The quantitative estimate of drug-likeness (QED) is 0.391. The van der Waals surface area contributed by atoms with E-state index in [1.54, 1.807) is 6.07 Å². The van der Waals surface area contributed by atoms with E-state index in [4.69, 9.17) is 15.3 Å². The largest absolute Gasteiger partial charge is 0.507 e. The highest BCUT2D eigenvalue weighted by Crippen LogP contribution is 2.53. The van der Waals surface area contributed by atoms with Crippen LogP contribution >= 0.6 is 0 Å². The number of hydrogen-bond donors (Lipinski definition) is 5. The third-order valence-electron chi connectivity index (χ3n) is 7.04. The van der Waals surface area contributed by atoms with Gasteiger partial charge in [-0.25, -0.2) is 0 Å². The number of rotatable bonds is 4. The minimum Gasteiger partial charge on any atom is -0.507 e. The predicted molar refractivity (Wildman–Crippen MR) is 121 cm³/mol. The molecular weight excluding hydrogens is 446 g/mol. The van der Waals surface area contributed by atoms with Crippen molar-refractivity contribution in [3.05, 3.63) is 40.2 Å². The van der Waals surface area contributed by atoms with Crippen LogP contribution in [0.2, 0.25) is 0 Å². The molecule has 0 radical (unpaired) electrons. The molecule has 3 aliphatic rings. The lowest BCUT2D eigenvalue weighted by atomic mass is 9.57. The van der Waals surface area contributed by atoms with Gasteiger partial charge in [-0.05, 0) is 36.5 Å². The number of Topliss-reactive ketones (excluding diaryl/α,β-unsaturated/α-hetero) is 1. The molecule has 0 bridgehead atoms. The number of methoxy groups -OCH3 is 1. The van der Waals surface area contributed by atoms with E-state index in [2.05, 4.69) is 5.16 Å². The van der Waals surface area contributed by atoms with Crippen molar-refractivity contribution in [3.8, 4) is 5.75 Å². The molecule has 4 atom stereocenters. The Morgan fingerprint density at radius 3 is 2.44 bits per heavy atom. The molecule has 11 nitrogen and oxygen atoms in total. The molecule has 3 aliphatic carbocycles. The zero-order valence-corrected chi connectivity index (χ0v) is 19.2. The van der Waals surface area contributed by atoms with Crippen molar-refractivity contribution >= 4 is 28.8 Å². The van der Waals surface area contributed by atoms with Gasteiger partial charge in [0.2, 0.25) is 0 Å². The number of carbonyl (C=O) groups excluding carboxylic acids is 2. The van der Waals surface area contributed by atoms with E-state index in [-0.39, 0.29) is 35.4 Å². The summed E-state index contributed by atoms with van der Waals surface area (Å²) in [6.45, 7) is 0. The molecule has 4 rings (SSSR count). The first kappa shape index (κ1) is 23.6. The molecule has 0 aliphatic heterocycles. The molecule has 1 aromatic rings. The number of nitrogens with zero attached hydrogens (tertiary/aromatic N) is 2. The number of ketones is 1. The van der Waals surface area contributed by atoms with Gasteiger partial charge in [-0.15, -0.1) is 0 Å². The number of benzene rings is 1.